The second-order valence-electron chi connectivity index (χ2n) is 17.5. The van der Waals surface area contributed by atoms with Gasteiger partial charge in [0.1, 0.15) is 43.1 Å². The third kappa shape index (κ3) is 8.54. The number of fused-ring (bicyclic) bond motifs is 1. The number of nitrogens with zero attached hydrogens (tertiary/aromatic N) is 4. The number of carbonyl (C=O) groups is 4. The largest absolute Gasteiger partial charge is 0.492 e. The number of rotatable bonds is 13. The summed E-state index contributed by atoms with van der Waals surface area (Å²) in [5.74, 6) is -4.43. The van der Waals surface area contributed by atoms with Gasteiger partial charge in [0.2, 0.25) is 23.2 Å². The minimum atomic E-state index is -2.68. The van der Waals surface area contributed by atoms with E-state index in [0.717, 1.165) is 12.0 Å². The summed E-state index contributed by atoms with van der Waals surface area (Å²) < 4.78 is 18.3. The van der Waals surface area contributed by atoms with E-state index in [9.17, 15) is 29.4 Å². The Morgan fingerprint density at radius 3 is 2.49 bits per heavy atom. The summed E-state index contributed by atoms with van der Waals surface area (Å²) in [5, 5.41) is 45.9. The van der Waals surface area contributed by atoms with Crippen molar-refractivity contribution < 1.29 is 48.2 Å². The van der Waals surface area contributed by atoms with Gasteiger partial charge in [-0.3, -0.25) is 25.4 Å². The Balaban J connectivity index is 1.05. The fraction of sp³-hybridized carbons (Fsp3) is 0.590. The highest BCUT2D eigenvalue weighted by atomic mass is 16.6. The number of carbonyl (C=O) groups excluding carboxylic acids is 4. The van der Waals surface area contributed by atoms with Crippen molar-refractivity contribution in [2.45, 2.75) is 102 Å². The highest BCUT2D eigenvalue weighted by molar-refractivity contribution is 5.98. The smallest absolute Gasteiger partial charge is 0.346 e. The number of hydrogen-bond donors (Lipinski definition) is 9. The van der Waals surface area contributed by atoms with E-state index in [1.807, 2.05) is 40.7 Å². The van der Waals surface area contributed by atoms with Crippen molar-refractivity contribution >= 4 is 35.6 Å². The summed E-state index contributed by atoms with van der Waals surface area (Å²) in [5.41, 5.74) is 11.4. The number of amides is 3. The maximum Gasteiger partial charge on any atom is 0.346 e. The summed E-state index contributed by atoms with van der Waals surface area (Å²) in [6.07, 6.45) is 1.03. The molecule has 1 aromatic heterocycles. The summed E-state index contributed by atoms with van der Waals surface area (Å²) in [6.45, 7) is 13.6. The predicted octanol–water partition coefficient (Wildman–Crippen LogP) is -1.46. The van der Waals surface area contributed by atoms with Crippen LogP contribution in [-0.4, -0.2) is 129 Å². The Morgan fingerprint density at radius 2 is 1.81 bits per heavy atom. The monoisotopic (exact) mass is 822 g/mol. The fourth-order valence-corrected chi connectivity index (χ4v) is 7.90. The van der Waals surface area contributed by atoms with Gasteiger partial charge in [0.25, 0.3) is 11.8 Å². The van der Waals surface area contributed by atoms with Crippen molar-refractivity contribution in [3.63, 3.8) is 0 Å². The van der Waals surface area contributed by atoms with Crippen molar-refractivity contribution in [3.05, 3.63) is 47.2 Å². The number of aromatic nitrogens is 2. The zero-order valence-corrected chi connectivity index (χ0v) is 34.4. The molecule has 20 nitrogen and oxygen atoms in total. The summed E-state index contributed by atoms with van der Waals surface area (Å²) >= 11 is 0. The molecule has 1 aromatic carbocycles. The van der Waals surface area contributed by atoms with Crippen LogP contribution in [-0.2, 0) is 19.7 Å². The van der Waals surface area contributed by atoms with Crippen LogP contribution in [0.4, 0.5) is 0 Å². The van der Waals surface area contributed by atoms with E-state index in [1.54, 1.807) is 12.1 Å². The minimum Gasteiger partial charge on any atom is -0.492 e. The maximum absolute atomic E-state index is 13.7. The van der Waals surface area contributed by atoms with Gasteiger partial charge in [-0.15, -0.1) is 10.2 Å². The molecule has 1 unspecified atom stereocenters. The van der Waals surface area contributed by atoms with E-state index in [-0.39, 0.29) is 84.4 Å². The first-order chi connectivity index (χ1) is 27.6. The average molecular weight is 823 g/mol. The van der Waals surface area contributed by atoms with E-state index >= 15 is 0 Å². The first kappa shape index (κ1) is 42.8. The Morgan fingerprint density at radius 1 is 1.07 bits per heavy atom. The van der Waals surface area contributed by atoms with Crippen LogP contribution in [0.1, 0.15) is 87.7 Å². The van der Waals surface area contributed by atoms with Crippen LogP contribution >= 0.6 is 0 Å². The van der Waals surface area contributed by atoms with Gasteiger partial charge in [0.05, 0.1) is 25.3 Å². The Kier molecular flexibility index (Phi) is 11.7. The highest BCUT2D eigenvalue weighted by Crippen LogP contribution is 2.43. The molecule has 3 amide bonds. The fourth-order valence-electron chi connectivity index (χ4n) is 7.90. The van der Waals surface area contributed by atoms with E-state index in [0.29, 0.717) is 12.4 Å². The molecule has 0 bridgehead atoms. The van der Waals surface area contributed by atoms with Gasteiger partial charge in [0, 0.05) is 18.1 Å². The average Bonchev–Trinajstić information content (AvgIpc) is 3.63. The lowest BCUT2D eigenvalue weighted by molar-refractivity contribution is -0.623. The van der Waals surface area contributed by atoms with Crippen LogP contribution < -0.4 is 47.5 Å². The Labute approximate surface area is 341 Å². The first-order valence-electron chi connectivity index (χ1n) is 19.7. The predicted molar refractivity (Wildman–Crippen MR) is 212 cm³/mol. The van der Waals surface area contributed by atoms with Crippen LogP contribution in [0.25, 0.3) is 0 Å². The van der Waals surface area contributed by atoms with Crippen LogP contribution in [0.5, 0.6) is 11.6 Å². The molecule has 1 spiro atoms. The van der Waals surface area contributed by atoms with E-state index in [1.165, 1.54) is 16.7 Å². The number of hydrogen-bond acceptors (Lipinski definition) is 16. The third-order valence-electron chi connectivity index (χ3n) is 11.0. The van der Waals surface area contributed by atoms with Crippen LogP contribution in [0.2, 0.25) is 0 Å². The quantitative estimate of drug-likeness (QED) is 0.0483. The number of benzene rings is 1. The number of para-hydroxylation sites is 1. The topological polar surface area (TPSA) is 290 Å². The molecule has 320 valence electrons. The van der Waals surface area contributed by atoms with E-state index in [4.69, 9.17) is 25.7 Å². The van der Waals surface area contributed by atoms with Gasteiger partial charge in [-0.2, -0.15) is 0 Å². The zero-order chi connectivity index (χ0) is 43.1. The van der Waals surface area contributed by atoms with Gasteiger partial charge in [0.15, 0.2) is 11.7 Å². The summed E-state index contributed by atoms with van der Waals surface area (Å²) in [4.78, 5) is 56.5. The molecule has 1 fully saturated rings. The lowest BCUT2D eigenvalue weighted by Gasteiger charge is -2.43. The maximum atomic E-state index is 13.7. The normalized spacial score (nSPS) is 24.2. The van der Waals surface area contributed by atoms with Crippen LogP contribution in [0.15, 0.2) is 35.3 Å². The lowest BCUT2D eigenvalue weighted by Crippen LogP contribution is -2.79. The van der Waals surface area contributed by atoms with Crippen molar-refractivity contribution in [1.82, 2.24) is 36.8 Å². The van der Waals surface area contributed by atoms with Crippen molar-refractivity contribution in [3.8, 4) is 11.6 Å². The van der Waals surface area contributed by atoms with Gasteiger partial charge >= 0.3 is 11.9 Å². The second kappa shape index (κ2) is 16.1. The second-order valence-corrected chi connectivity index (χ2v) is 17.5. The molecule has 6 rings (SSSR count). The van der Waals surface area contributed by atoms with Crippen molar-refractivity contribution in [2.24, 2.45) is 27.8 Å². The minimum absolute atomic E-state index is 0.0290. The Bertz CT molecular complexity index is 2030. The molecule has 4 aliphatic heterocycles. The molecule has 1 saturated heterocycles. The summed E-state index contributed by atoms with van der Waals surface area (Å²) in [6, 6.07) is 4.19. The molecule has 5 atom stereocenters. The summed E-state index contributed by atoms with van der Waals surface area (Å²) in [7, 11) is 0. The number of nitrogens with one attached hydrogen (secondary N) is 5. The van der Waals surface area contributed by atoms with Gasteiger partial charge < -0.3 is 51.4 Å². The SMILES string of the molecule is CC(C)[C@H](NC(=O)CC(C)(C)C)C(=O)OCCOc1ccc(C(=O)NC[C@@H]2NC(N)=[N+]3CC(NC(=O)c4cccc5c4OCCC5(C)C)C(O)(O)[C@@]34NC(N)=N[C@@H]24)nn1. The zero-order valence-electron chi connectivity index (χ0n) is 34.4. The molecular weight excluding hydrogens is 766 g/mol. The molecule has 20 heteroatoms. The molecule has 11 N–H and O–H groups in total. The molecule has 4 aliphatic rings. The number of nitrogens with two attached hydrogens (primary N) is 2. The molecule has 59 heavy (non-hydrogen) atoms. The Hall–Kier alpha value is -5.76. The number of aliphatic imine (C=N–C) groups is 1. The molecule has 0 radical (unpaired) electrons. The first-order valence-corrected chi connectivity index (χ1v) is 19.7. The standard InChI is InChI=1S/C39H55N11O9/c1-20(2)28(45-26(51)17-36(3,4)5)33(54)59-16-15-57-27-12-11-23(48-49-27)32(53)42-18-24-30-38(47-34(40)46-30)39(55,56)25(19-50(38)35(41)43-24)44-31(52)21-9-8-10-22-29(21)58-14-13-37(22,6)7/h8-12,20,24-25,28,30,55-56H,13-19H2,1-7H3,(H8,40,41,42,43,44,45,46,47,51,52,53)/p+1/t24-,25?,28-,30-,38-/m0/s1. The molecule has 5 heterocycles. The number of esters is 1. The number of ether oxygens (including phenoxy) is 3. The lowest BCUT2D eigenvalue weighted by atomic mass is 9.79. The van der Waals surface area contributed by atoms with E-state index in [2.05, 4.69) is 55.6 Å². The van der Waals surface area contributed by atoms with Gasteiger partial charge in [-0.05, 0) is 35.3 Å². The molecule has 0 aliphatic carbocycles. The number of guanidine groups is 2. The molecule has 2 aromatic rings. The van der Waals surface area contributed by atoms with Crippen molar-refractivity contribution in [1.29, 1.82) is 0 Å². The molecule has 0 saturated carbocycles. The van der Waals surface area contributed by atoms with E-state index < -0.39 is 53.4 Å². The van der Waals surface area contributed by atoms with Gasteiger partial charge in [-0.1, -0.05) is 60.6 Å². The van der Waals surface area contributed by atoms with Crippen molar-refractivity contribution in [2.75, 3.05) is 32.9 Å². The van der Waals surface area contributed by atoms with Gasteiger partial charge in [-0.25, -0.2) is 14.4 Å². The molecular formula is C39H56N11O9+. The third-order valence-corrected chi connectivity index (χ3v) is 11.0. The highest BCUT2D eigenvalue weighted by Gasteiger charge is 2.75. The van der Waals surface area contributed by atoms with Crippen LogP contribution in [0.3, 0.4) is 0 Å². The number of aliphatic hydroxyl groups is 2. The van der Waals surface area contributed by atoms with Crippen LogP contribution in [0, 0.1) is 11.3 Å².